The number of ether oxygens (including phenoxy) is 4. The van der Waals surface area contributed by atoms with Gasteiger partial charge in [0.05, 0.1) is 18.8 Å². The molecule has 230 valence electrons. The molecule has 41 heavy (non-hydrogen) atoms. The monoisotopic (exact) mass is 573 g/mol. The fraction of sp³-hybridized carbons (Fsp3) is 0.750. The van der Waals surface area contributed by atoms with Crippen LogP contribution >= 0.6 is 0 Å². The summed E-state index contributed by atoms with van der Waals surface area (Å²) in [6.45, 7) is 13.9. The Kier molecular flexibility index (Phi) is 11.3. The van der Waals surface area contributed by atoms with Crippen LogP contribution in [0.3, 0.4) is 0 Å². The molecule has 3 aliphatic heterocycles. The number of hydrogen-bond acceptors (Lipinski definition) is 7. The van der Waals surface area contributed by atoms with Gasteiger partial charge in [0, 0.05) is 64.5 Å². The van der Waals surface area contributed by atoms with Crippen molar-refractivity contribution in [2.45, 2.75) is 96.8 Å². The highest BCUT2D eigenvalue weighted by molar-refractivity contribution is 5.78. The first-order valence-corrected chi connectivity index (χ1v) is 15.5. The maximum atomic E-state index is 13.7. The maximum absolute atomic E-state index is 13.7. The summed E-state index contributed by atoms with van der Waals surface area (Å²) in [5, 5.41) is 0. The van der Waals surface area contributed by atoms with Crippen molar-refractivity contribution in [3.8, 4) is 11.5 Å². The van der Waals surface area contributed by atoms with E-state index in [0.717, 1.165) is 81.8 Å². The lowest BCUT2D eigenvalue weighted by atomic mass is 9.93. The van der Waals surface area contributed by atoms with Gasteiger partial charge in [-0.3, -0.25) is 14.5 Å². The zero-order chi connectivity index (χ0) is 29.4. The molecule has 0 aliphatic carbocycles. The van der Waals surface area contributed by atoms with Crippen molar-refractivity contribution in [2.24, 2.45) is 0 Å². The number of nitrogens with zero attached hydrogens (tertiary/aromatic N) is 3. The van der Waals surface area contributed by atoms with Crippen LogP contribution in [0.5, 0.6) is 11.5 Å². The summed E-state index contributed by atoms with van der Waals surface area (Å²) in [7, 11) is 1.69. The highest BCUT2D eigenvalue weighted by Gasteiger charge is 2.36. The van der Waals surface area contributed by atoms with Crippen LogP contribution in [-0.4, -0.2) is 97.9 Å². The van der Waals surface area contributed by atoms with E-state index in [1.165, 1.54) is 5.56 Å². The van der Waals surface area contributed by atoms with Crippen molar-refractivity contribution < 1.29 is 28.5 Å². The van der Waals surface area contributed by atoms with Crippen molar-refractivity contribution in [2.75, 3.05) is 59.8 Å². The van der Waals surface area contributed by atoms with E-state index in [1.54, 1.807) is 7.11 Å². The van der Waals surface area contributed by atoms with Gasteiger partial charge in [0.2, 0.25) is 18.6 Å². The van der Waals surface area contributed by atoms with Crippen molar-refractivity contribution in [1.82, 2.24) is 14.7 Å². The Labute approximate surface area is 246 Å². The molecule has 4 rings (SSSR count). The van der Waals surface area contributed by atoms with E-state index < -0.39 is 0 Å². The summed E-state index contributed by atoms with van der Waals surface area (Å²) < 4.78 is 22.8. The standard InChI is InChI=1S/C32H51N3O6/c1-6-7-12-33(14-9-16-41-32(2,3)4)30(37)21-35-20-25(18-27(35)11-15-34-13-8-10-29(34)36)24-17-26(22-38-5)31-28(19-24)39-23-40-31/h17,19,25,27H,6-16,18,20-23H2,1-5H3. The molecule has 9 nitrogen and oxygen atoms in total. The van der Waals surface area contributed by atoms with E-state index in [1.807, 2.05) is 9.80 Å². The molecule has 2 fully saturated rings. The number of unbranched alkanes of at least 4 members (excludes halogenated alkanes) is 1. The number of carbonyl (C=O) groups excluding carboxylic acids is 2. The molecule has 2 saturated heterocycles. The number of likely N-dealkylation sites (tertiary alicyclic amines) is 2. The molecule has 0 N–H and O–H groups in total. The van der Waals surface area contributed by atoms with Crippen LogP contribution in [0.1, 0.15) is 89.7 Å². The molecule has 0 radical (unpaired) electrons. The highest BCUT2D eigenvalue weighted by Crippen LogP contribution is 2.42. The second-order valence-corrected chi connectivity index (χ2v) is 12.7. The molecule has 2 atom stereocenters. The smallest absolute Gasteiger partial charge is 0.236 e. The Balaban J connectivity index is 1.46. The number of benzene rings is 1. The fourth-order valence-electron chi connectivity index (χ4n) is 6.19. The normalized spacial score (nSPS) is 20.8. The molecule has 2 unspecified atom stereocenters. The minimum atomic E-state index is -0.176. The molecule has 9 heteroatoms. The lowest BCUT2D eigenvalue weighted by Crippen LogP contribution is -2.44. The van der Waals surface area contributed by atoms with E-state index in [4.69, 9.17) is 18.9 Å². The molecule has 1 aromatic rings. The Morgan fingerprint density at radius 2 is 1.98 bits per heavy atom. The molecule has 3 heterocycles. The van der Waals surface area contributed by atoms with Crippen LogP contribution in [0.25, 0.3) is 0 Å². The number of fused-ring (bicyclic) bond motifs is 1. The van der Waals surface area contributed by atoms with Gasteiger partial charge in [-0.15, -0.1) is 0 Å². The van der Waals surface area contributed by atoms with Crippen LogP contribution in [-0.2, 0) is 25.7 Å². The topological polar surface area (TPSA) is 80.8 Å². The second-order valence-electron chi connectivity index (χ2n) is 12.7. The Bertz CT molecular complexity index is 1030. The molecule has 1 aromatic carbocycles. The average molecular weight is 574 g/mol. The Hall–Kier alpha value is -2.36. The van der Waals surface area contributed by atoms with E-state index in [9.17, 15) is 9.59 Å². The summed E-state index contributed by atoms with van der Waals surface area (Å²) in [6, 6.07) is 4.50. The van der Waals surface area contributed by atoms with Gasteiger partial charge in [0.15, 0.2) is 11.5 Å². The SMILES string of the molecule is CCCCN(CCCOC(C)(C)C)C(=O)CN1CC(c2cc(COC)c3c(c2)OCO3)CC1CCN1CCCC1=O. The minimum Gasteiger partial charge on any atom is -0.454 e. The van der Waals surface area contributed by atoms with Gasteiger partial charge < -0.3 is 28.7 Å². The largest absolute Gasteiger partial charge is 0.454 e. The highest BCUT2D eigenvalue weighted by atomic mass is 16.7. The van der Waals surface area contributed by atoms with Gasteiger partial charge >= 0.3 is 0 Å². The van der Waals surface area contributed by atoms with E-state index in [0.29, 0.717) is 32.7 Å². The first kappa shape index (κ1) is 31.6. The van der Waals surface area contributed by atoms with Crippen LogP contribution in [0.15, 0.2) is 12.1 Å². The van der Waals surface area contributed by atoms with Crippen LogP contribution < -0.4 is 9.47 Å². The van der Waals surface area contributed by atoms with Gasteiger partial charge in [0.25, 0.3) is 0 Å². The number of hydrogen-bond donors (Lipinski definition) is 0. The van der Waals surface area contributed by atoms with Gasteiger partial charge in [-0.05, 0) is 76.5 Å². The van der Waals surface area contributed by atoms with E-state index in [-0.39, 0.29) is 36.2 Å². The maximum Gasteiger partial charge on any atom is 0.236 e. The van der Waals surface area contributed by atoms with Crippen molar-refractivity contribution in [1.29, 1.82) is 0 Å². The first-order chi connectivity index (χ1) is 19.7. The average Bonchev–Trinajstić information content (AvgIpc) is 3.66. The molecular weight excluding hydrogens is 522 g/mol. The number of amides is 2. The molecule has 0 spiro atoms. The predicted molar refractivity (Wildman–Crippen MR) is 158 cm³/mol. The molecular formula is C32H51N3O6. The number of rotatable bonds is 15. The van der Waals surface area contributed by atoms with Gasteiger partial charge in [0.1, 0.15) is 0 Å². The van der Waals surface area contributed by atoms with Crippen LogP contribution in [0.2, 0.25) is 0 Å². The third-order valence-electron chi connectivity index (χ3n) is 8.35. The third kappa shape index (κ3) is 8.82. The van der Waals surface area contributed by atoms with Crippen molar-refractivity contribution in [3.63, 3.8) is 0 Å². The number of carbonyl (C=O) groups is 2. The summed E-state index contributed by atoms with van der Waals surface area (Å²) in [5.41, 5.74) is 2.01. The Morgan fingerprint density at radius 3 is 2.68 bits per heavy atom. The molecule has 2 amide bonds. The lowest BCUT2D eigenvalue weighted by Gasteiger charge is -2.30. The fourth-order valence-corrected chi connectivity index (χ4v) is 6.19. The van der Waals surface area contributed by atoms with Crippen LogP contribution in [0.4, 0.5) is 0 Å². The number of methoxy groups -OCH3 is 1. The zero-order valence-electron chi connectivity index (χ0n) is 25.9. The molecule has 0 bridgehead atoms. The first-order valence-electron chi connectivity index (χ1n) is 15.5. The zero-order valence-corrected chi connectivity index (χ0v) is 25.9. The van der Waals surface area contributed by atoms with Gasteiger partial charge in [-0.2, -0.15) is 0 Å². The summed E-state index contributed by atoms with van der Waals surface area (Å²) in [4.78, 5) is 32.4. The van der Waals surface area contributed by atoms with E-state index in [2.05, 4.69) is 44.7 Å². The molecule has 3 aliphatic rings. The third-order valence-corrected chi connectivity index (χ3v) is 8.35. The quantitative estimate of drug-likeness (QED) is 0.285. The minimum absolute atomic E-state index is 0.176. The summed E-state index contributed by atoms with van der Waals surface area (Å²) in [6.07, 6.45) is 6.28. The molecule has 0 aromatic heterocycles. The van der Waals surface area contributed by atoms with Crippen molar-refractivity contribution >= 4 is 11.8 Å². The van der Waals surface area contributed by atoms with E-state index >= 15 is 0 Å². The lowest BCUT2D eigenvalue weighted by molar-refractivity contribution is -0.133. The van der Waals surface area contributed by atoms with Gasteiger partial charge in [-0.25, -0.2) is 0 Å². The summed E-state index contributed by atoms with van der Waals surface area (Å²) >= 11 is 0. The second kappa shape index (κ2) is 14.7. The summed E-state index contributed by atoms with van der Waals surface area (Å²) in [5.74, 6) is 2.24. The predicted octanol–water partition coefficient (Wildman–Crippen LogP) is 4.57. The van der Waals surface area contributed by atoms with Crippen LogP contribution in [0, 0.1) is 0 Å². The van der Waals surface area contributed by atoms with Gasteiger partial charge in [-0.1, -0.05) is 13.3 Å². The van der Waals surface area contributed by atoms with Crippen molar-refractivity contribution in [3.05, 3.63) is 23.3 Å². The Morgan fingerprint density at radius 1 is 1.17 bits per heavy atom. The molecule has 0 saturated carbocycles.